The highest BCUT2D eigenvalue weighted by Crippen LogP contribution is 2.17. The van der Waals surface area contributed by atoms with Crippen LogP contribution in [0.15, 0.2) is 23.8 Å². The van der Waals surface area contributed by atoms with E-state index in [1.807, 2.05) is 31.9 Å². The van der Waals surface area contributed by atoms with Gasteiger partial charge in [0.2, 0.25) is 5.91 Å². The summed E-state index contributed by atoms with van der Waals surface area (Å²) in [5.41, 5.74) is 1.74. The van der Waals surface area contributed by atoms with Crippen LogP contribution in [0.3, 0.4) is 0 Å². The molecule has 0 aromatic heterocycles. The summed E-state index contributed by atoms with van der Waals surface area (Å²) in [6.07, 6.45) is 7.09. The second kappa shape index (κ2) is 11.2. The number of allylic oxidation sites excluding steroid dienone is 2. The Kier molecular flexibility index (Phi) is 10.5. The van der Waals surface area contributed by atoms with E-state index in [9.17, 15) is 9.59 Å². The summed E-state index contributed by atoms with van der Waals surface area (Å²) in [5.74, 6) is 0.134. The Balaban J connectivity index is 0.000000322. The highest BCUT2D eigenvalue weighted by Gasteiger charge is 2.25. The van der Waals surface area contributed by atoms with E-state index in [-0.39, 0.29) is 5.91 Å². The Labute approximate surface area is 135 Å². The summed E-state index contributed by atoms with van der Waals surface area (Å²) in [5, 5.41) is 3.03. The minimum absolute atomic E-state index is 0.134. The van der Waals surface area contributed by atoms with Crippen molar-refractivity contribution < 1.29 is 9.59 Å². The van der Waals surface area contributed by atoms with E-state index in [4.69, 9.17) is 0 Å². The fraction of sp³-hybridized carbons (Fsp3) is 0.667. The molecule has 1 aliphatic heterocycles. The average Bonchev–Trinajstić information content (AvgIpc) is 3.11. The van der Waals surface area contributed by atoms with Gasteiger partial charge in [0.1, 0.15) is 6.29 Å². The van der Waals surface area contributed by atoms with Gasteiger partial charge in [-0.05, 0) is 52.2 Å². The fourth-order valence-corrected chi connectivity index (χ4v) is 1.96. The molecule has 2 aliphatic rings. The molecule has 1 fully saturated rings. The molecule has 0 radical (unpaired) electrons. The van der Waals surface area contributed by atoms with Gasteiger partial charge in [-0.3, -0.25) is 9.59 Å². The molecule has 1 aliphatic carbocycles. The first-order valence-corrected chi connectivity index (χ1v) is 8.13. The lowest BCUT2D eigenvalue weighted by molar-refractivity contribution is -0.126. The normalized spacial score (nSPS) is 17.0. The van der Waals surface area contributed by atoms with E-state index in [1.165, 1.54) is 6.42 Å². The van der Waals surface area contributed by atoms with Gasteiger partial charge in [0.05, 0.1) is 0 Å². The average molecular weight is 308 g/mol. The molecule has 1 heterocycles. The Hall–Kier alpha value is -1.42. The van der Waals surface area contributed by atoms with Crippen LogP contribution in [-0.4, -0.2) is 42.8 Å². The van der Waals surface area contributed by atoms with Crippen LogP contribution in [0.25, 0.3) is 0 Å². The minimum atomic E-state index is 0.134. The van der Waals surface area contributed by atoms with Crippen LogP contribution in [0.1, 0.15) is 53.4 Å². The molecule has 0 unspecified atom stereocenters. The van der Waals surface area contributed by atoms with Crippen molar-refractivity contribution in [3.8, 4) is 0 Å². The molecule has 2 rings (SSSR count). The molecular formula is C18H32N2O2. The number of aldehydes is 1. The first-order valence-electron chi connectivity index (χ1n) is 8.13. The predicted molar refractivity (Wildman–Crippen MR) is 92.8 cm³/mol. The Bertz CT molecular complexity index is 398. The smallest absolute Gasteiger partial charge is 0.249 e. The maximum absolute atomic E-state index is 11.2. The third kappa shape index (κ3) is 8.13. The monoisotopic (exact) mass is 308 g/mol. The lowest BCUT2D eigenvalue weighted by Crippen LogP contribution is -2.31. The molecule has 0 spiro atoms. The number of rotatable bonds is 3. The van der Waals surface area contributed by atoms with Crippen molar-refractivity contribution in [3.05, 3.63) is 23.8 Å². The molecule has 1 saturated heterocycles. The highest BCUT2D eigenvalue weighted by atomic mass is 16.2. The molecule has 0 saturated carbocycles. The number of nitrogens with one attached hydrogen (secondary N) is 1. The predicted octanol–water partition coefficient (Wildman–Crippen LogP) is 3.09. The molecule has 4 heteroatoms. The first kappa shape index (κ1) is 20.6. The van der Waals surface area contributed by atoms with Crippen molar-refractivity contribution in [1.29, 1.82) is 0 Å². The van der Waals surface area contributed by atoms with Crippen molar-refractivity contribution in [3.63, 3.8) is 0 Å². The standard InChI is InChI=1S/C8H13NO.C6H8O.C4H11N/c1-6(2)9-5-4-7(3)8(9)10;7-5-6-3-1-2-4-6;1-4(2)5-3/h6H,3-5H2,1-2H3;3,5H,1-2,4H2;4-5H,1-3H3. The summed E-state index contributed by atoms with van der Waals surface area (Å²) in [7, 11) is 1.95. The third-order valence-electron chi connectivity index (χ3n) is 3.65. The zero-order valence-corrected chi connectivity index (χ0v) is 14.8. The van der Waals surface area contributed by atoms with Crippen molar-refractivity contribution in [2.45, 2.75) is 65.5 Å². The van der Waals surface area contributed by atoms with Crippen LogP contribution < -0.4 is 5.32 Å². The van der Waals surface area contributed by atoms with Crippen LogP contribution in [0.4, 0.5) is 0 Å². The summed E-state index contributed by atoms with van der Waals surface area (Å²) < 4.78 is 0. The van der Waals surface area contributed by atoms with Gasteiger partial charge >= 0.3 is 0 Å². The Morgan fingerprint density at radius 2 is 1.86 bits per heavy atom. The van der Waals surface area contributed by atoms with Gasteiger partial charge in [0, 0.05) is 24.2 Å². The van der Waals surface area contributed by atoms with Crippen molar-refractivity contribution in [2.24, 2.45) is 0 Å². The maximum Gasteiger partial charge on any atom is 0.249 e. The van der Waals surface area contributed by atoms with Gasteiger partial charge in [-0.2, -0.15) is 0 Å². The van der Waals surface area contributed by atoms with Gasteiger partial charge in [0.25, 0.3) is 0 Å². The topological polar surface area (TPSA) is 49.4 Å². The zero-order chi connectivity index (χ0) is 17.1. The van der Waals surface area contributed by atoms with Gasteiger partial charge in [-0.1, -0.05) is 26.5 Å². The number of amides is 1. The molecule has 4 nitrogen and oxygen atoms in total. The number of hydrogen-bond acceptors (Lipinski definition) is 3. The first-order chi connectivity index (χ1) is 10.3. The second-order valence-electron chi connectivity index (χ2n) is 6.18. The van der Waals surface area contributed by atoms with Gasteiger partial charge in [-0.15, -0.1) is 0 Å². The summed E-state index contributed by atoms with van der Waals surface area (Å²) >= 11 is 0. The largest absolute Gasteiger partial charge is 0.336 e. The molecule has 126 valence electrons. The minimum Gasteiger partial charge on any atom is -0.336 e. The van der Waals surface area contributed by atoms with Crippen LogP contribution in [0.2, 0.25) is 0 Å². The second-order valence-corrected chi connectivity index (χ2v) is 6.18. The van der Waals surface area contributed by atoms with Crippen LogP contribution in [0, 0.1) is 0 Å². The lowest BCUT2D eigenvalue weighted by atomic mass is 10.3. The van der Waals surface area contributed by atoms with E-state index in [0.29, 0.717) is 12.1 Å². The lowest BCUT2D eigenvalue weighted by Gasteiger charge is -2.19. The van der Waals surface area contributed by atoms with Crippen molar-refractivity contribution in [2.75, 3.05) is 13.6 Å². The summed E-state index contributed by atoms with van der Waals surface area (Å²) in [6, 6.07) is 0.960. The van der Waals surface area contributed by atoms with E-state index >= 15 is 0 Å². The zero-order valence-electron chi connectivity index (χ0n) is 14.8. The third-order valence-corrected chi connectivity index (χ3v) is 3.65. The van der Waals surface area contributed by atoms with Crippen LogP contribution in [0.5, 0.6) is 0 Å². The van der Waals surface area contributed by atoms with E-state index in [2.05, 4.69) is 25.7 Å². The molecular weight excluding hydrogens is 276 g/mol. The molecule has 0 aromatic carbocycles. The quantitative estimate of drug-likeness (QED) is 0.644. The fourth-order valence-electron chi connectivity index (χ4n) is 1.96. The number of carbonyl (C=O) groups is 2. The molecule has 1 amide bonds. The van der Waals surface area contributed by atoms with Crippen LogP contribution >= 0.6 is 0 Å². The summed E-state index contributed by atoms with van der Waals surface area (Å²) in [6.45, 7) is 12.8. The van der Waals surface area contributed by atoms with E-state index in [1.54, 1.807) is 0 Å². The molecule has 0 atom stereocenters. The maximum atomic E-state index is 11.2. The van der Waals surface area contributed by atoms with Crippen LogP contribution in [-0.2, 0) is 9.59 Å². The molecule has 0 aromatic rings. The van der Waals surface area contributed by atoms with Crippen molar-refractivity contribution >= 4 is 12.2 Å². The highest BCUT2D eigenvalue weighted by molar-refractivity contribution is 5.95. The van der Waals surface area contributed by atoms with Gasteiger partial charge < -0.3 is 10.2 Å². The molecule has 0 bridgehead atoms. The Morgan fingerprint density at radius 3 is 2.05 bits per heavy atom. The number of likely N-dealkylation sites (tertiary alicyclic amines) is 1. The van der Waals surface area contributed by atoms with Gasteiger partial charge in [0.15, 0.2) is 0 Å². The van der Waals surface area contributed by atoms with E-state index in [0.717, 1.165) is 43.2 Å². The molecule has 1 N–H and O–H groups in total. The van der Waals surface area contributed by atoms with Gasteiger partial charge in [-0.25, -0.2) is 0 Å². The summed E-state index contributed by atoms with van der Waals surface area (Å²) in [4.78, 5) is 23.0. The van der Waals surface area contributed by atoms with E-state index < -0.39 is 0 Å². The number of hydrogen-bond donors (Lipinski definition) is 1. The SMILES string of the molecule is C=C1CCN(C(C)C)C1=O.CNC(C)C.O=CC1=CCCC1. The number of nitrogens with zero attached hydrogens (tertiary/aromatic N) is 1. The molecule has 22 heavy (non-hydrogen) atoms. The number of carbonyl (C=O) groups excluding carboxylic acids is 2. The van der Waals surface area contributed by atoms with Crippen molar-refractivity contribution in [1.82, 2.24) is 10.2 Å². The Morgan fingerprint density at radius 1 is 1.27 bits per heavy atom.